The molecule has 5 rings (SSSR count). The molecule has 2 aliphatic rings. The number of hydrogen-bond acceptors (Lipinski definition) is 5. The molecule has 3 aromatic carbocycles. The average Bonchev–Trinajstić information content (AvgIpc) is 3.19. The third-order valence-corrected chi connectivity index (χ3v) is 8.25. The second-order valence-corrected chi connectivity index (χ2v) is 11.5. The van der Waals surface area contributed by atoms with Crippen molar-refractivity contribution in [2.24, 2.45) is 0 Å². The molecule has 0 aliphatic carbocycles. The summed E-state index contributed by atoms with van der Waals surface area (Å²) in [7, 11) is 1.22. The number of carbonyl (C=O) groups is 3. The number of amides is 2. The standard InChI is InChI=1S/C30H26Cl2F2N2O5/c1-14-5-9-20(33)25(34)24(14)26-30(18-8-6-16(32)12-21(18)35-27(30)38)19(13-23(37)36-26)17-11-15(31)7-10-22(17)41-29(2,3)28(39)40-4/h5-12,19,26H,13H2,1-4H3,(H,35,38)(H,36,37)/t19-,26+,30-/m1/s1. The molecule has 2 aliphatic heterocycles. The zero-order valence-electron chi connectivity index (χ0n) is 22.5. The molecular formula is C30H26Cl2F2N2O5. The van der Waals surface area contributed by atoms with Crippen LogP contribution >= 0.6 is 23.2 Å². The smallest absolute Gasteiger partial charge is 0.349 e. The lowest BCUT2D eigenvalue weighted by atomic mass is 9.58. The van der Waals surface area contributed by atoms with Crippen LogP contribution in [0, 0.1) is 18.6 Å². The molecule has 2 N–H and O–H groups in total. The molecule has 7 nitrogen and oxygen atoms in total. The Hall–Kier alpha value is -3.69. The molecule has 0 unspecified atom stereocenters. The number of aryl methyl sites for hydroxylation is 1. The van der Waals surface area contributed by atoms with Crippen LogP contribution in [0.2, 0.25) is 10.0 Å². The van der Waals surface area contributed by atoms with Crippen LogP contribution in [-0.4, -0.2) is 30.5 Å². The normalized spacial score (nSPS) is 21.8. The van der Waals surface area contributed by atoms with E-state index in [9.17, 15) is 18.8 Å². The predicted octanol–water partition coefficient (Wildman–Crippen LogP) is 6.15. The van der Waals surface area contributed by atoms with E-state index in [0.29, 0.717) is 27.4 Å². The highest BCUT2D eigenvalue weighted by molar-refractivity contribution is 6.31. The Balaban J connectivity index is 1.83. The molecule has 2 amide bonds. The van der Waals surface area contributed by atoms with E-state index in [1.165, 1.54) is 33.1 Å². The molecule has 0 radical (unpaired) electrons. The Morgan fingerprint density at radius 2 is 1.73 bits per heavy atom. The first kappa shape index (κ1) is 28.8. The molecule has 0 aromatic heterocycles. The molecule has 3 atom stereocenters. The van der Waals surface area contributed by atoms with Gasteiger partial charge in [-0.2, -0.15) is 0 Å². The number of halogens is 4. The Kier molecular flexibility index (Phi) is 7.24. The Bertz CT molecular complexity index is 1610. The van der Waals surface area contributed by atoms with Gasteiger partial charge in [0, 0.05) is 39.2 Å². The number of carbonyl (C=O) groups excluding carboxylic acids is 3. The van der Waals surface area contributed by atoms with Gasteiger partial charge in [0.05, 0.1) is 13.2 Å². The summed E-state index contributed by atoms with van der Waals surface area (Å²) in [6.45, 7) is 4.59. The number of anilines is 1. The zero-order valence-corrected chi connectivity index (χ0v) is 24.0. The first-order valence-electron chi connectivity index (χ1n) is 12.7. The summed E-state index contributed by atoms with van der Waals surface area (Å²) >= 11 is 12.7. The summed E-state index contributed by atoms with van der Waals surface area (Å²) in [5.41, 5.74) is -1.90. The van der Waals surface area contributed by atoms with Gasteiger partial charge in [-0.3, -0.25) is 9.59 Å². The largest absolute Gasteiger partial charge is 0.476 e. The van der Waals surface area contributed by atoms with Gasteiger partial charge in [-0.1, -0.05) is 35.3 Å². The maximum atomic E-state index is 15.6. The molecule has 0 bridgehead atoms. The fraction of sp³-hybridized carbons (Fsp3) is 0.300. The second kappa shape index (κ2) is 10.3. The number of esters is 1. The van der Waals surface area contributed by atoms with Crippen molar-refractivity contribution in [2.75, 3.05) is 12.4 Å². The van der Waals surface area contributed by atoms with E-state index < -0.39 is 52.4 Å². The Morgan fingerprint density at radius 3 is 2.44 bits per heavy atom. The third-order valence-electron chi connectivity index (χ3n) is 7.78. The lowest BCUT2D eigenvalue weighted by molar-refractivity contribution is -0.156. The van der Waals surface area contributed by atoms with Crippen LogP contribution in [-0.2, 0) is 24.5 Å². The first-order chi connectivity index (χ1) is 19.3. The molecular weight excluding hydrogens is 577 g/mol. The average molecular weight is 603 g/mol. The van der Waals surface area contributed by atoms with Crippen LogP contribution in [0.15, 0.2) is 48.5 Å². The highest BCUT2D eigenvalue weighted by Gasteiger charge is 2.62. The van der Waals surface area contributed by atoms with Crippen LogP contribution < -0.4 is 15.4 Å². The van der Waals surface area contributed by atoms with E-state index in [0.717, 1.165) is 6.07 Å². The van der Waals surface area contributed by atoms with Gasteiger partial charge in [0.25, 0.3) is 0 Å². The molecule has 214 valence electrons. The molecule has 3 aromatic rings. The summed E-state index contributed by atoms with van der Waals surface area (Å²) in [4.78, 5) is 40.1. The van der Waals surface area contributed by atoms with Gasteiger partial charge in [-0.05, 0) is 68.3 Å². The molecule has 41 heavy (non-hydrogen) atoms. The number of benzene rings is 3. The number of nitrogens with one attached hydrogen (secondary N) is 2. The van der Waals surface area contributed by atoms with Crippen molar-refractivity contribution in [3.8, 4) is 5.75 Å². The summed E-state index contributed by atoms with van der Waals surface area (Å²) in [6.07, 6.45) is -0.239. The summed E-state index contributed by atoms with van der Waals surface area (Å²) in [5.74, 6) is -4.89. The van der Waals surface area contributed by atoms with E-state index >= 15 is 4.39 Å². The van der Waals surface area contributed by atoms with Crippen molar-refractivity contribution < 1.29 is 32.6 Å². The number of hydrogen-bond donors (Lipinski definition) is 2. The highest BCUT2D eigenvalue weighted by atomic mass is 35.5. The van der Waals surface area contributed by atoms with Crippen LogP contribution in [0.5, 0.6) is 5.75 Å². The predicted molar refractivity (Wildman–Crippen MR) is 149 cm³/mol. The SMILES string of the molecule is COC(=O)C(C)(C)Oc1ccc(Cl)cc1[C@H]1CC(=O)N[C@@H](c2c(C)ccc(F)c2F)[C@]12C(=O)Nc1cc(Cl)ccc12. The quantitative estimate of drug-likeness (QED) is 0.342. The van der Waals surface area contributed by atoms with Gasteiger partial charge in [-0.25, -0.2) is 13.6 Å². The van der Waals surface area contributed by atoms with Gasteiger partial charge >= 0.3 is 5.97 Å². The maximum absolute atomic E-state index is 15.6. The molecule has 0 saturated carbocycles. The van der Waals surface area contributed by atoms with Gasteiger partial charge in [-0.15, -0.1) is 0 Å². The van der Waals surface area contributed by atoms with Gasteiger partial charge < -0.3 is 20.1 Å². The van der Waals surface area contributed by atoms with Crippen LogP contribution in [0.4, 0.5) is 14.5 Å². The van der Waals surface area contributed by atoms with E-state index in [1.54, 1.807) is 37.3 Å². The number of piperidine rings is 1. The second-order valence-electron chi connectivity index (χ2n) is 10.6. The third kappa shape index (κ3) is 4.61. The summed E-state index contributed by atoms with van der Waals surface area (Å²) in [5, 5.41) is 6.23. The van der Waals surface area contributed by atoms with E-state index in [2.05, 4.69) is 10.6 Å². The molecule has 1 fully saturated rings. The van der Waals surface area contributed by atoms with Crippen molar-refractivity contribution in [2.45, 2.75) is 50.2 Å². The molecule has 2 heterocycles. The van der Waals surface area contributed by atoms with Gasteiger partial charge in [0.1, 0.15) is 11.2 Å². The number of ether oxygens (including phenoxy) is 2. The number of fused-ring (bicyclic) bond motifs is 2. The lowest BCUT2D eigenvalue weighted by Gasteiger charge is -2.47. The minimum atomic E-state index is -1.70. The minimum Gasteiger partial charge on any atom is -0.476 e. The fourth-order valence-electron chi connectivity index (χ4n) is 5.96. The van der Waals surface area contributed by atoms with Gasteiger partial charge in [0.2, 0.25) is 11.8 Å². The highest BCUT2D eigenvalue weighted by Crippen LogP contribution is 2.59. The monoisotopic (exact) mass is 602 g/mol. The zero-order chi connectivity index (χ0) is 29.9. The van der Waals surface area contributed by atoms with E-state index in [4.69, 9.17) is 32.7 Å². The fourth-order valence-corrected chi connectivity index (χ4v) is 6.31. The van der Waals surface area contributed by atoms with Gasteiger partial charge in [0.15, 0.2) is 17.2 Å². The van der Waals surface area contributed by atoms with E-state index in [-0.39, 0.29) is 22.8 Å². The number of methoxy groups -OCH3 is 1. The van der Waals surface area contributed by atoms with Crippen molar-refractivity contribution in [1.29, 1.82) is 0 Å². The summed E-state index contributed by atoms with van der Waals surface area (Å²) in [6, 6.07) is 10.4. The van der Waals surface area contributed by atoms with Crippen LogP contribution in [0.1, 0.15) is 54.5 Å². The molecule has 1 spiro atoms. The van der Waals surface area contributed by atoms with Crippen molar-refractivity contribution in [1.82, 2.24) is 5.32 Å². The summed E-state index contributed by atoms with van der Waals surface area (Å²) < 4.78 is 41.3. The van der Waals surface area contributed by atoms with E-state index in [1.807, 2.05) is 0 Å². The topological polar surface area (TPSA) is 93.7 Å². The number of rotatable bonds is 5. The van der Waals surface area contributed by atoms with Crippen molar-refractivity contribution in [3.63, 3.8) is 0 Å². The Labute approximate surface area is 245 Å². The van der Waals surface area contributed by atoms with Crippen LogP contribution in [0.25, 0.3) is 0 Å². The first-order valence-corrected chi connectivity index (χ1v) is 13.5. The minimum absolute atomic E-state index is 0.161. The van der Waals surface area contributed by atoms with Crippen molar-refractivity contribution >= 4 is 46.7 Å². The molecule has 1 saturated heterocycles. The molecule has 11 heteroatoms. The Morgan fingerprint density at radius 1 is 1.05 bits per heavy atom. The van der Waals surface area contributed by atoms with Crippen molar-refractivity contribution in [3.05, 3.63) is 92.5 Å². The lowest BCUT2D eigenvalue weighted by Crippen LogP contribution is -2.57. The van der Waals surface area contributed by atoms with Crippen LogP contribution in [0.3, 0.4) is 0 Å². The maximum Gasteiger partial charge on any atom is 0.349 e.